The molecule has 1 heterocycles. The van der Waals surface area contributed by atoms with Crippen LogP contribution in [0.25, 0.3) is 0 Å². The van der Waals surface area contributed by atoms with Gasteiger partial charge in [-0.05, 0) is 34.9 Å². The van der Waals surface area contributed by atoms with E-state index in [-0.39, 0.29) is 11.2 Å². The van der Waals surface area contributed by atoms with E-state index in [1.165, 1.54) is 5.56 Å². The minimum atomic E-state index is -0.112. The number of fused-ring (bicyclic) bond motifs is 1. The highest BCUT2D eigenvalue weighted by Crippen LogP contribution is 2.36. The maximum absolute atomic E-state index is 12.7. The van der Waals surface area contributed by atoms with Crippen molar-refractivity contribution in [2.45, 2.75) is 18.2 Å². The maximum atomic E-state index is 12.7. The van der Waals surface area contributed by atoms with E-state index in [4.69, 9.17) is 4.74 Å². The van der Waals surface area contributed by atoms with Crippen LogP contribution >= 0.6 is 11.8 Å². The summed E-state index contributed by atoms with van der Waals surface area (Å²) in [5.74, 6) is 1.08. The molecule has 0 saturated carbocycles. The van der Waals surface area contributed by atoms with Crippen LogP contribution in [-0.2, 0) is 22.5 Å². The molecule has 3 rings (SSSR count). The number of anilines is 1. The molecule has 1 atom stereocenters. The Morgan fingerprint density at radius 2 is 2.00 bits per heavy atom. The smallest absolute Gasteiger partial charge is 0.237 e. The molecule has 0 unspecified atom stereocenters. The van der Waals surface area contributed by atoms with Gasteiger partial charge in [0, 0.05) is 25.9 Å². The van der Waals surface area contributed by atoms with Crippen molar-refractivity contribution < 1.29 is 9.53 Å². The molecule has 25 heavy (non-hydrogen) atoms. The molecule has 2 aromatic rings. The van der Waals surface area contributed by atoms with Gasteiger partial charge in [0.15, 0.2) is 0 Å². The van der Waals surface area contributed by atoms with Crippen LogP contribution in [0.5, 0.6) is 0 Å². The average molecular weight is 356 g/mol. The molecule has 0 saturated heterocycles. The number of methoxy groups -OCH3 is 1. The van der Waals surface area contributed by atoms with Crippen LogP contribution in [-0.4, -0.2) is 31.9 Å². The first-order valence-electron chi connectivity index (χ1n) is 8.57. The fourth-order valence-corrected chi connectivity index (χ4v) is 4.24. The fourth-order valence-electron chi connectivity index (χ4n) is 3.02. The van der Waals surface area contributed by atoms with Crippen LogP contribution in [0.3, 0.4) is 0 Å². The van der Waals surface area contributed by atoms with Gasteiger partial charge in [0.05, 0.1) is 6.61 Å². The topological polar surface area (TPSA) is 50.4 Å². The number of amides is 1. The molecule has 0 fully saturated rings. The first-order valence-corrected chi connectivity index (χ1v) is 9.62. The zero-order valence-electron chi connectivity index (χ0n) is 14.5. The van der Waals surface area contributed by atoms with Gasteiger partial charge in [0.25, 0.3) is 0 Å². The van der Waals surface area contributed by atoms with Crippen molar-refractivity contribution in [2.24, 2.45) is 0 Å². The molecule has 1 amide bonds. The first kappa shape index (κ1) is 17.8. The third-order valence-corrected chi connectivity index (χ3v) is 5.56. The number of carbonyl (C=O) groups excluding carboxylic acids is 1. The van der Waals surface area contributed by atoms with Gasteiger partial charge in [-0.15, -0.1) is 11.8 Å². The van der Waals surface area contributed by atoms with Crippen molar-refractivity contribution in [1.29, 1.82) is 0 Å². The van der Waals surface area contributed by atoms with Crippen molar-refractivity contribution in [3.8, 4) is 0 Å². The number of hydrogen-bond acceptors (Lipinski definition) is 4. The van der Waals surface area contributed by atoms with E-state index in [0.29, 0.717) is 13.2 Å². The van der Waals surface area contributed by atoms with Crippen LogP contribution in [0, 0.1) is 0 Å². The lowest BCUT2D eigenvalue weighted by Crippen LogP contribution is -2.30. The molecule has 4 nitrogen and oxygen atoms in total. The molecule has 0 aliphatic carbocycles. The van der Waals surface area contributed by atoms with Crippen molar-refractivity contribution in [1.82, 2.24) is 5.32 Å². The van der Waals surface area contributed by atoms with Gasteiger partial charge in [-0.1, -0.05) is 42.5 Å². The molecular formula is C20H24N2O2S. The summed E-state index contributed by atoms with van der Waals surface area (Å²) in [5, 5.41) is 6.35. The molecule has 2 N–H and O–H groups in total. The number of thioether (sulfide) groups is 1. The summed E-state index contributed by atoms with van der Waals surface area (Å²) >= 11 is 1.73. The van der Waals surface area contributed by atoms with E-state index >= 15 is 0 Å². The predicted molar refractivity (Wildman–Crippen MR) is 104 cm³/mol. The molecular weight excluding hydrogens is 332 g/mol. The second-order valence-corrected chi connectivity index (χ2v) is 7.21. The summed E-state index contributed by atoms with van der Waals surface area (Å²) in [6, 6.07) is 16.3. The third-order valence-electron chi connectivity index (χ3n) is 4.32. The normalized spacial score (nSPS) is 16.1. The molecule has 0 radical (unpaired) electrons. The SMILES string of the molecule is COCCNc1ccccc1CNC(=O)[C@@H]1SCCc2ccccc21. The Hall–Kier alpha value is -1.98. The second-order valence-electron chi connectivity index (χ2n) is 5.99. The van der Waals surface area contributed by atoms with Crippen LogP contribution in [0.2, 0.25) is 0 Å². The fraction of sp³-hybridized carbons (Fsp3) is 0.350. The van der Waals surface area contributed by atoms with Gasteiger partial charge in [-0.25, -0.2) is 0 Å². The summed E-state index contributed by atoms with van der Waals surface area (Å²) in [6.45, 7) is 1.91. The van der Waals surface area contributed by atoms with Crippen LogP contribution in [0.1, 0.15) is 21.9 Å². The van der Waals surface area contributed by atoms with E-state index in [1.54, 1.807) is 18.9 Å². The standard InChI is InChI=1S/C20H24N2O2S/c1-24-12-11-21-18-9-5-3-7-16(18)14-22-20(23)19-17-8-4-2-6-15(17)10-13-25-19/h2-9,19,21H,10-14H2,1H3,(H,22,23)/t19-/m1/s1. The minimum Gasteiger partial charge on any atom is -0.383 e. The van der Waals surface area contributed by atoms with Gasteiger partial charge >= 0.3 is 0 Å². The number of carbonyl (C=O) groups is 1. The van der Waals surface area contributed by atoms with Gasteiger partial charge in [-0.2, -0.15) is 0 Å². The van der Waals surface area contributed by atoms with Crippen molar-refractivity contribution >= 4 is 23.4 Å². The number of nitrogens with one attached hydrogen (secondary N) is 2. The minimum absolute atomic E-state index is 0.0869. The summed E-state index contributed by atoms with van der Waals surface area (Å²) in [6.07, 6.45) is 1.04. The number of hydrogen-bond donors (Lipinski definition) is 2. The molecule has 2 aromatic carbocycles. The zero-order valence-corrected chi connectivity index (χ0v) is 15.3. The Labute approximate surface area is 153 Å². The first-order chi connectivity index (χ1) is 12.3. The lowest BCUT2D eigenvalue weighted by molar-refractivity contribution is -0.120. The van der Waals surface area contributed by atoms with Crippen molar-refractivity contribution in [2.75, 3.05) is 31.3 Å². The largest absolute Gasteiger partial charge is 0.383 e. The Balaban J connectivity index is 1.64. The number of para-hydroxylation sites is 1. The zero-order chi connectivity index (χ0) is 17.5. The van der Waals surface area contributed by atoms with Crippen LogP contribution in [0.15, 0.2) is 48.5 Å². The monoisotopic (exact) mass is 356 g/mol. The summed E-state index contributed by atoms with van der Waals surface area (Å²) in [5.41, 5.74) is 4.57. The van der Waals surface area contributed by atoms with Gasteiger partial charge < -0.3 is 15.4 Å². The van der Waals surface area contributed by atoms with Crippen molar-refractivity contribution in [3.05, 3.63) is 65.2 Å². The van der Waals surface area contributed by atoms with E-state index < -0.39 is 0 Å². The van der Waals surface area contributed by atoms with E-state index in [1.807, 2.05) is 36.4 Å². The predicted octanol–water partition coefficient (Wildman–Crippen LogP) is 3.39. The molecule has 132 valence electrons. The highest BCUT2D eigenvalue weighted by Gasteiger charge is 2.26. The molecule has 0 aromatic heterocycles. The van der Waals surface area contributed by atoms with Crippen LogP contribution < -0.4 is 10.6 Å². The Morgan fingerprint density at radius 3 is 2.88 bits per heavy atom. The van der Waals surface area contributed by atoms with Gasteiger partial charge in [-0.3, -0.25) is 4.79 Å². The average Bonchev–Trinajstić information content (AvgIpc) is 2.66. The lowest BCUT2D eigenvalue weighted by Gasteiger charge is -2.24. The number of rotatable bonds is 7. The molecule has 5 heteroatoms. The quantitative estimate of drug-likeness (QED) is 0.747. The van der Waals surface area contributed by atoms with E-state index in [9.17, 15) is 4.79 Å². The third kappa shape index (κ3) is 4.55. The maximum Gasteiger partial charge on any atom is 0.237 e. The Bertz CT molecular complexity index is 720. The lowest BCUT2D eigenvalue weighted by atomic mass is 10.0. The Morgan fingerprint density at radius 1 is 1.20 bits per heavy atom. The number of benzene rings is 2. The molecule has 1 aliphatic rings. The van der Waals surface area contributed by atoms with Gasteiger partial charge in [0.2, 0.25) is 5.91 Å². The molecule has 0 spiro atoms. The summed E-state index contributed by atoms with van der Waals surface area (Å²) in [4.78, 5) is 12.7. The van der Waals surface area contributed by atoms with E-state index in [0.717, 1.165) is 35.5 Å². The second kappa shape index (κ2) is 8.92. The summed E-state index contributed by atoms with van der Waals surface area (Å²) < 4.78 is 5.08. The molecule has 1 aliphatic heterocycles. The van der Waals surface area contributed by atoms with E-state index in [2.05, 4.69) is 22.8 Å². The highest BCUT2D eigenvalue weighted by molar-refractivity contribution is 8.00. The van der Waals surface area contributed by atoms with Crippen LogP contribution in [0.4, 0.5) is 5.69 Å². The Kier molecular flexibility index (Phi) is 6.36. The molecule has 0 bridgehead atoms. The van der Waals surface area contributed by atoms with Gasteiger partial charge in [0.1, 0.15) is 5.25 Å². The number of ether oxygens (including phenoxy) is 1. The number of aryl methyl sites for hydroxylation is 1. The summed E-state index contributed by atoms with van der Waals surface area (Å²) in [7, 11) is 1.69. The highest BCUT2D eigenvalue weighted by atomic mass is 32.2. The van der Waals surface area contributed by atoms with Crippen molar-refractivity contribution in [3.63, 3.8) is 0 Å².